The van der Waals surface area contributed by atoms with E-state index in [1.54, 1.807) is 51.1 Å². The van der Waals surface area contributed by atoms with Crippen LogP contribution < -0.4 is 16.0 Å². The minimum atomic E-state index is -2.01. The molecule has 40 heavy (non-hydrogen) atoms. The van der Waals surface area contributed by atoms with Gasteiger partial charge >= 0.3 is 12.1 Å². The highest BCUT2D eigenvalue weighted by molar-refractivity contribution is 6.07. The van der Waals surface area contributed by atoms with Gasteiger partial charge in [-0.3, -0.25) is 19.9 Å². The van der Waals surface area contributed by atoms with Crippen LogP contribution in [0.5, 0.6) is 0 Å². The second-order valence-corrected chi connectivity index (χ2v) is 10.3. The second kappa shape index (κ2) is 11.4. The third kappa shape index (κ3) is 6.35. The number of carbonyl (C=O) groups is 4. The monoisotopic (exact) mass is 542 g/mol. The molecule has 10 nitrogen and oxygen atoms in total. The minimum absolute atomic E-state index is 0.00833. The number of aliphatic carboxylic acids is 1. The first-order valence-corrected chi connectivity index (χ1v) is 12.6. The lowest BCUT2D eigenvalue weighted by atomic mass is 9.83. The van der Waals surface area contributed by atoms with Crippen LogP contribution in [-0.4, -0.2) is 45.6 Å². The summed E-state index contributed by atoms with van der Waals surface area (Å²) in [6, 6.07) is 19.8. The van der Waals surface area contributed by atoms with Gasteiger partial charge in [0.2, 0.25) is 5.91 Å². The van der Waals surface area contributed by atoms with Crippen LogP contribution in [0, 0.1) is 0 Å². The molecule has 0 spiro atoms. The molecule has 0 aliphatic carbocycles. The van der Waals surface area contributed by atoms with Crippen LogP contribution in [0.2, 0.25) is 0 Å². The average Bonchev–Trinajstić information content (AvgIpc) is 2.90. The van der Waals surface area contributed by atoms with Gasteiger partial charge in [-0.05, 0) is 44.0 Å². The Bertz CT molecular complexity index is 1430. The number of alkyl carbamates (subject to hydrolysis) is 1. The van der Waals surface area contributed by atoms with E-state index < -0.39 is 35.2 Å². The fourth-order valence-corrected chi connectivity index (χ4v) is 4.29. The van der Waals surface area contributed by atoms with Crippen molar-refractivity contribution in [3.05, 3.63) is 107 Å². The van der Waals surface area contributed by atoms with Crippen molar-refractivity contribution in [1.82, 2.24) is 20.9 Å². The fourth-order valence-electron chi connectivity index (χ4n) is 4.29. The molecule has 4 N–H and O–H groups in total. The topological polar surface area (TPSA) is 147 Å². The standard InChI is InChI=1S/C30H30N4O6/c1-29(2,3)40-28(39)34-30(27(37)38,20-12-8-5-9-13-20)21-14-15-22(31-18-21)17-24-26(36)32-23(25(35)33-24)16-19-10-6-4-7-11-19/h4-15,17-18,23H,16H2,1-3H3,(H,32,36)(H,33,35)(H,34,39)(H,37,38). The predicted molar refractivity (Wildman–Crippen MR) is 147 cm³/mol. The zero-order chi connectivity index (χ0) is 28.9. The Labute approximate surface area is 231 Å². The van der Waals surface area contributed by atoms with Crippen molar-refractivity contribution in [2.75, 3.05) is 0 Å². The molecule has 0 bridgehead atoms. The molecule has 4 rings (SSSR count). The molecule has 2 unspecified atom stereocenters. The van der Waals surface area contributed by atoms with Gasteiger partial charge in [0.1, 0.15) is 17.3 Å². The number of pyridine rings is 1. The summed E-state index contributed by atoms with van der Waals surface area (Å²) >= 11 is 0. The largest absolute Gasteiger partial charge is 0.479 e. The highest BCUT2D eigenvalue weighted by atomic mass is 16.6. The van der Waals surface area contributed by atoms with E-state index in [-0.39, 0.29) is 22.7 Å². The van der Waals surface area contributed by atoms with E-state index in [2.05, 4.69) is 20.9 Å². The van der Waals surface area contributed by atoms with Gasteiger partial charge in [-0.1, -0.05) is 66.7 Å². The summed E-state index contributed by atoms with van der Waals surface area (Å²) in [6.45, 7) is 5.02. The maximum Gasteiger partial charge on any atom is 0.409 e. The van der Waals surface area contributed by atoms with Crippen LogP contribution in [0.3, 0.4) is 0 Å². The lowest BCUT2D eigenvalue weighted by Crippen LogP contribution is -2.55. The average molecular weight is 543 g/mol. The van der Waals surface area contributed by atoms with Crippen LogP contribution >= 0.6 is 0 Å². The lowest BCUT2D eigenvalue weighted by Gasteiger charge is -2.32. The van der Waals surface area contributed by atoms with Gasteiger partial charge in [-0.15, -0.1) is 0 Å². The number of carbonyl (C=O) groups excluding carboxylic acids is 3. The summed E-state index contributed by atoms with van der Waals surface area (Å²) in [7, 11) is 0. The molecular formula is C30H30N4O6. The maximum atomic E-state index is 12.8. The van der Waals surface area contributed by atoms with Gasteiger partial charge in [0, 0.05) is 18.2 Å². The molecule has 1 fully saturated rings. The first-order chi connectivity index (χ1) is 19.0. The van der Waals surface area contributed by atoms with E-state index in [0.29, 0.717) is 12.1 Å². The van der Waals surface area contributed by atoms with E-state index in [0.717, 1.165) is 5.56 Å². The summed E-state index contributed by atoms with van der Waals surface area (Å²) in [5.41, 5.74) is -1.22. The highest BCUT2D eigenvalue weighted by Crippen LogP contribution is 2.31. The van der Waals surface area contributed by atoms with E-state index in [4.69, 9.17) is 4.74 Å². The number of hydrogen-bond donors (Lipinski definition) is 4. The van der Waals surface area contributed by atoms with E-state index in [1.807, 2.05) is 30.3 Å². The Balaban J connectivity index is 1.60. The number of carboxylic acid groups (broad SMARTS) is 1. The molecule has 2 aromatic carbocycles. The fraction of sp³-hybridized carbons (Fsp3) is 0.233. The second-order valence-electron chi connectivity index (χ2n) is 10.3. The molecule has 1 aliphatic rings. The predicted octanol–water partition coefficient (Wildman–Crippen LogP) is 3.13. The summed E-state index contributed by atoms with van der Waals surface area (Å²) in [6.07, 6.45) is 2.12. The third-order valence-electron chi connectivity index (χ3n) is 6.13. The van der Waals surface area contributed by atoms with Crippen LogP contribution in [0.1, 0.15) is 43.2 Å². The molecule has 1 aromatic heterocycles. The highest BCUT2D eigenvalue weighted by Gasteiger charge is 2.45. The number of ether oxygens (including phenoxy) is 1. The normalized spacial score (nSPS) is 17.8. The number of carboxylic acids is 1. The minimum Gasteiger partial charge on any atom is -0.479 e. The molecule has 0 radical (unpaired) electrons. The molecule has 1 saturated heterocycles. The van der Waals surface area contributed by atoms with E-state index in [1.165, 1.54) is 24.4 Å². The third-order valence-corrected chi connectivity index (χ3v) is 6.13. The number of benzene rings is 2. The molecule has 1 aliphatic heterocycles. The van der Waals surface area contributed by atoms with Crippen molar-refractivity contribution in [2.45, 2.75) is 44.4 Å². The van der Waals surface area contributed by atoms with E-state index >= 15 is 0 Å². The SMILES string of the molecule is CC(C)(C)OC(=O)NC(C(=O)O)(c1ccccc1)c1ccc(C=C2NC(=O)C(Cc3ccccc3)NC2=O)nc1. The molecule has 3 aromatic rings. The number of amides is 3. The van der Waals surface area contributed by atoms with Gasteiger partial charge in [-0.2, -0.15) is 0 Å². The van der Waals surface area contributed by atoms with Gasteiger partial charge in [0.25, 0.3) is 5.91 Å². The molecular weight excluding hydrogens is 512 g/mol. The van der Waals surface area contributed by atoms with Gasteiger partial charge in [0.15, 0.2) is 5.54 Å². The summed E-state index contributed by atoms with van der Waals surface area (Å²) in [5.74, 6) is -2.18. The first kappa shape index (κ1) is 28.0. The number of aromatic nitrogens is 1. The van der Waals surface area contributed by atoms with Crippen LogP contribution in [0.25, 0.3) is 6.08 Å². The van der Waals surface area contributed by atoms with Crippen molar-refractivity contribution < 1.29 is 29.0 Å². The molecule has 10 heteroatoms. The van der Waals surface area contributed by atoms with Crippen molar-refractivity contribution in [2.24, 2.45) is 0 Å². The Morgan fingerprint density at radius 2 is 1.62 bits per heavy atom. The Hall–Kier alpha value is -4.99. The molecule has 2 heterocycles. The van der Waals surface area contributed by atoms with Crippen molar-refractivity contribution in [1.29, 1.82) is 0 Å². The van der Waals surface area contributed by atoms with Crippen LogP contribution in [-0.2, 0) is 31.1 Å². The maximum absolute atomic E-state index is 12.8. The molecule has 206 valence electrons. The molecule has 0 saturated carbocycles. The van der Waals surface area contributed by atoms with Gasteiger partial charge in [-0.25, -0.2) is 9.59 Å². The molecule has 3 amide bonds. The van der Waals surface area contributed by atoms with Crippen molar-refractivity contribution >= 4 is 30.0 Å². The van der Waals surface area contributed by atoms with Gasteiger partial charge in [0.05, 0.1) is 5.69 Å². The van der Waals surface area contributed by atoms with Crippen molar-refractivity contribution in [3.63, 3.8) is 0 Å². The first-order valence-electron chi connectivity index (χ1n) is 12.6. The lowest BCUT2D eigenvalue weighted by molar-refractivity contribution is -0.143. The summed E-state index contributed by atoms with van der Waals surface area (Å²) in [4.78, 5) is 55.2. The van der Waals surface area contributed by atoms with Gasteiger partial charge < -0.3 is 20.5 Å². The van der Waals surface area contributed by atoms with Crippen LogP contribution in [0.15, 0.2) is 84.7 Å². The number of nitrogens with one attached hydrogen (secondary N) is 3. The van der Waals surface area contributed by atoms with Crippen molar-refractivity contribution in [3.8, 4) is 0 Å². The Kier molecular flexibility index (Phi) is 7.99. The quantitative estimate of drug-likeness (QED) is 0.336. The smallest absolute Gasteiger partial charge is 0.409 e. The number of nitrogens with zero attached hydrogens (tertiary/aromatic N) is 1. The summed E-state index contributed by atoms with van der Waals surface area (Å²) < 4.78 is 5.35. The Morgan fingerprint density at radius 1 is 0.975 bits per heavy atom. The number of hydrogen-bond acceptors (Lipinski definition) is 6. The zero-order valence-electron chi connectivity index (χ0n) is 22.3. The Morgan fingerprint density at radius 3 is 2.20 bits per heavy atom. The summed E-state index contributed by atoms with van der Waals surface area (Å²) in [5, 5.41) is 18.2. The van der Waals surface area contributed by atoms with E-state index in [9.17, 15) is 24.3 Å². The zero-order valence-corrected chi connectivity index (χ0v) is 22.3. The molecule has 2 atom stereocenters. The number of piperazine rings is 1. The van der Waals surface area contributed by atoms with Crippen LogP contribution in [0.4, 0.5) is 4.79 Å². The number of rotatable bonds is 7.